The maximum atomic E-state index is 12.1. The lowest BCUT2D eigenvalue weighted by molar-refractivity contribution is 0.233. The fourth-order valence-corrected chi connectivity index (χ4v) is 3.46. The molecular formula is C17H24N4O2S. The largest absolute Gasteiger partial charge is 0.336 e. The Hall–Kier alpha value is -2.12. The van der Waals surface area contributed by atoms with Crippen molar-refractivity contribution in [2.75, 3.05) is 20.6 Å². The number of aromatic nitrogens is 1. The molecule has 0 aliphatic heterocycles. The predicted molar refractivity (Wildman–Crippen MR) is 97.5 cm³/mol. The van der Waals surface area contributed by atoms with Crippen LogP contribution in [-0.2, 0) is 6.54 Å². The summed E-state index contributed by atoms with van der Waals surface area (Å²) in [5, 5.41) is 7.66. The third-order valence-electron chi connectivity index (χ3n) is 3.87. The molecule has 7 heteroatoms. The van der Waals surface area contributed by atoms with Crippen LogP contribution >= 0.6 is 11.3 Å². The summed E-state index contributed by atoms with van der Waals surface area (Å²) in [7, 11) is 3.97. The van der Waals surface area contributed by atoms with Gasteiger partial charge in [-0.3, -0.25) is 4.79 Å². The van der Waals surface area contributed by atoms with Crippen LogP contribution in [0.2, 0.25) is 0 Å². The third kappa shape index (κ3) is 4.69. The number of urea groups is 1. The summed E-state index contributed by atoms with van der Waals surface area (Å²) in [6.45, 7) is 4.42. The van der Waals surface area contributed by atoms with Gasteiger partial charge in [-0.15, -0.1) is 11.3 Å². The molecule has 0 radical (unpaired) electrons. The van der Waals surface area contributed by atoms with E-state index in [1.807, 2.05) is 45.5 Å². The van der Waals surface area contributed by atoms with Crippen LogP contribution in [0.5, 0.6) is 0 Å². The summed E-state index contributed by atoms with van der Waals surface area (Å²) in [5.74, 6) is 0. The molecule has 0 saturated heterocycles. The van der Waals surface area contributed by atoms with Gasteiger partial charge in [0, 0.05) is 22.7 Å². The summed E-state index contributed by atoms with van der Waals surface area (Å²) in [5.41, 5.74) is 2.12. The standard InChI is InChI=1S/C17H24N4O2S/c1-11-8-12(2)20-16(22)13(11)9-18-17(23)19-10-14(21(3)4)15-6-5-7-24-15/h5-8,14H,9-10H2,1-4H3,(H,20,22)(H2,18,19,23)/t14-/m1/s1. The number of carbonyl (C=O) groups is 1. The number of hydrogen-bond donors (Lipinski definition) is 3. The lowest BCUT2D eigenvalue weighted by Gasteiger charge is -2.23. The number of likely N-dealkylation sites (N-methyl/N-ethyl adjacent to an activating group) is 1. The zero-order valence-electron chi connectivity index (χ0n) is 14.5. The van der Waals surface area contributed by atoms with Crippen LogP contribution in [0.1, 0.15) is 27.7 Å². The van der Waals surface area contributed by atoms with E-state index >= 15 is 0 Å². The van der Waals surface area contributed by atoms with E-state index in [9.17, 15) is 9.59 Å². The number of nitrogens with zero attached hydrogens (tertiary/aromatic N) is 1. The number of nitrogens with one attached hydrogen (secondary N) is 3. The number of aryl methyl sites for hydroxylation is 2. The number of rotatable bonds is 6. The maximum Gasteiger partial charge on any atom is 0.315 e. The highest BCUT2D eigenvalue weighted by Gasteiger charge is 2.16. The number of carbonyl (C=O) groups excluding carboxylic acids is 1. The van der Waals surface area contributed by atoms with Gasteiger partial charge in [0.1, 0.15) is 0 Å². The topological polar surface area (TPSA) is 77.2 Å². The average Bonchev–Trinajstić information content (AvgIpc) is 3.00. The number of hydrogen-bond acceptors (Lipinski definition) is 4. The minimum Gasteiger partial charge on any atom is -0.336 e. The molecule has 2 amide bonds. The van der Waals surface area contributed by atoms with Gasteiger partial charge in [-0.25, -0.2) is 4.79 Å². The van der Waals surface area contributed by atoms with Crippen LogP contribution in [0.15, 0.2) is 28.4 Å². The van der Waals surface area contributed by atoms with Crippen molar-refractivity contribution in [3.63, 3.8) is 0 Å². The SMILES string of the molecule is Cc1cc(C)c(CNC(=O)NC[C@H](c2cccs2)N(C)C)c(=O)[nH]1. The van der Waals surface area contributed by atoms with Gasteiger partial charge in [0.15, 0.2) is 0 Å². The molecule has 0 bridgehead atoms. The summed E-state index contributed by atoms with van der Waals surface area (Å²) in [6.07, 6.45) is 0. The molecule has 0 aliphatic carbocycles. The smallest absolute Gasteiger partial charge is 0.315 e. The van der Waals surface area contributed by atoms with Gasteiger partial charge in [0.05, 0.1) is 12.6 Å². The minimum absolute atomic E-state index is 0.125. The molecule has 2 heterocycles. The molecular weight excluding hydrogens is 324 g/mol. The Morgan fingerprint density at radius 3 is 2.67 bits per heavy atom. The van der Waals surface area contributed by atoms with E-state index in [1.165, 1.54) is 4.88 Å². The summed E-state index contributed by atoms with van der Waals surface area (Å²) in [6, 6.07) is 5.81. The van der Waals surface area contributed by atoms with Crippen molar-refractivity contribution in [1.29, 1.82) is 0 Å². The predicted octanol–water partition coefficient (Wildman–Crippen LogP) is 2.16. The molecule has 24 heavy (non-hydrogen) atoms. The second kappa shape index (κ2) is 8.12. The third-order valence-corrected chi connectivity index (χ3v) is 4.84. The molecule has 6 nitrogen and oxygen atoms in total. The van der Waals surface area contributed by atoms with Crippen molar-refractivity contribution < 1.29 is 4.79 Å². The highest BCUT2D eigenvalue weighted by atomic mass is 32.1. The summed E-state index contributed by atoms with van der Waals surface area (Å²) in [4.78, 5) is 30.0. The Bertz CT molecular complexity index is 738. The van der Waals surface area contributed by atoms with Gasteiger partial charge in [-0.1, -0.05) is 6.07 Å². The molecule has 0 aliphatic rings. The lowest BCUT2D eigenvalue weighted by atomic mass is 10.1. The van der Waals surface area contributed by atoms with Crippen LogP contribution in [0.4, 0.5) is 4.79 Å². The Kier molecular flexibility index (Phi) is 6.16. The zero-order chi connectivity index (χ0) is 17.7. The van der Waals surface area contributed by atoms with E-state index in [-0.39, 0.29) is 24.2 Å². The summed E-state index contributed by atoms with van der Waals surface area (Å²) >= 11 is 1.67. The van der Waals surface area contributed by atoms with Gasteiger partial charge < -0.3 is 20.5 Å². The van der Waals surface area contributed by atoms with Crippen LogP contribution in [0.3, 0.4) is 0 Å². The van der Waals surface area contributed by atoms with Crippen molar-refractivity contribution in [3.8, 4) is 0 Å². The van der Waals surface area contributed by atoms with E-state index in [1.54, 1.807) is 11.3 Å². The molecule has 2 rings (SSSR count). The first-order valence-electron chi connectivity index (χ1n) is 7.79. The molecule has 2 aromatic rings. The molecule has 1 atom stereocenters. The highest BCUT2D eigenvalue weighted by molar-refractivity contribution is 7.10. The van der Waals surface area contributed by atoms with E-state index in [0.29, 0.717) is 12.1 Å². The summed E-state index contributed by atoms with van der Waals surface area (Å²) < 4.78 is 0. The number of H-pyrrole nitrogens is 1. The second-order valence-corrected chi connectivity index (χ2v) is 6.98. The Labute approximate surface area is 145 Å². The monoisotopic (exact) mass is 348 g/mol. The second-order valence-electron chi connectivity index (χ2n) is 6.00. The average molecular weight is 348 g/mol. The Balaban J connectivity index is 1.91. The van der Waals surface area contributed by atoms with Crippen LogP contribution < -0.4 is 16.2 Å². The molecule has 0 spiro atoms. The number of pyridine rings is 1. The Morgan fingerprint density at radius 1 is 1.33 bits per heavy atom. The van der Waals surface area contributed by atoms with E-state index < -0.39 is 0 Å². The van der Waals surface area contributed by atoms with Crippen LogP contribution in [0, 0.1) is 13.8 Å². The molecule has 2 aromatic heterocycles. The van der Waals surface area contributed by atoms with E-state index in [0.717, 1.165) is 11.3 Å². The van der Waals surface area contributed by atoms with Crippen LogP contribution in [0.25, 0.3) is 0 Å². The molecule has 3 N–H and O–H groups in total. The van der Waals surface area contributed by atoms with Gasteiger partial charge in [-0.05, 0) is 51.0 Å². The highest BCUT2D eigenvalue weighted by Crippen LogP contribution is 2.22. The van der Waals surface area contributed by atoms with Crippen molar-refractivity contribution in [1.82, 2.24) is 20.5 Å². The van der Waals surface area contributed by atoms with Crippen molar-refractivity contribution in [3.05, 3.63) is 55.6 Å². The number of thiophene rings is 1. The first kappa shape index (κ1) is 18.2. The molecule has 0 aromatic carbocycles. The normalized spacial score (nSPS) is 12.2. The molecule has 0 fully saturated rings. The fraction of sp³-hybridized carbons (Fsp3) is 0.412. The van der Waals surface area contributed by atoms with Gasteiger partial charge in [0.25, 0.3) is 5.56 Å². The van der Waals surface area contributed by atoms with E-state index in [2.05, 4.69) is 26.6 Å². The van der Waals surface area contributed by atoms with Crippen molar-refractivity contribution in [2.24, 2.45) is 0 Å². The zero-order valence-corrected chi connectivity index (χ0v) is 15.3. The fourth-order valence-electron chi connectivity index (χ4n) is 2.54. The number of amides is 2. The minimum atomic E-state index is -0.280. The Morgan fingerprint density at radius 2 is 2.08 bits per heavy atom. The maximum absolute atomic E-state index is 12.1. The molecule has 0 unspecified atom stereocenters. The first-order valence-corrected chi connectivity index (χ1v) is 8.67. The molecule has 130 valence electrons. The van der Waals surface area contributed by atoms with Gasteiger partial charge in [-0.2, -0.15) is 0 Å². The van der Waals surface area contributed by atoms with Gasteiger partial charge >= 0.3 is 6.03 Å². The van der Waals surface area contributed by atoms with Crippen molar-refractivity contribution >= 4 is 17.4 Å². The van der Waals surface area contributed by atoms with Crippen LogP contribution in [-0.4, -0.2) is 36.6 Å². The van der Waals surface area contributed by atoms with Crippen molar-refractivity contribution in [2.45, 2.75) is 26.4 Å². The van der Waals surface area contributed by atoms with E-state index in [4.69, 9.17) is 0 Å². The van der Waals surface area contributed by atoms with Gasteiger partial charge in [0.2, 0.25) is 0 Å². The number of aromatic amines is 1. The molecule has 0 saturated carbocycles. The first-order chi connectivity index (χ1) is 11.4. The lowest BCUT2D eigenvalue weighted by Crippen LogP contribution is -2.40. The quantitative estimate of drug-likeness (QED) is 0.749.